The van der Waals surface area contributed by atoms with Gasteiger partial charge in [0, 0.05) is 11.1 Å². The zero-order valence-corrected chi connectivity index (χ0v) is 12.3. The maximum absolute atomic E-state index is 6.09. The number of aromatic nitrogens is 1. The second kappa shape index (κ2) is 6.17. The second-order valence-corrected chi connectivity index (χ2v) is 5.73. The maximum atomic E-state index is 6.09. The third-order valence-electron chi connectivity index (χ3n) is 2.29. The van der Waals surface area contributed by atoms with E-state index in [1.165, 1.54) is 11.8 Å². The number of benzene rings is 1. The summed E-state index contributed by atoms with van der Waals surface area (Å²) in [5.74, 6) is 0.687. The second-order valence-electron chi connectivity index (χ2n) is 4.26. The summed E-state index contributed by atoms with van der Waals surface area (Å²) < 4.78 is 5.66. The highest BCUT2D eigenvalue weighted by Crippen LogP contribution is 2.35. The third kappa shape index (κ3) is 3.78. The first-order valence-electron chi connectivity index (χ1n) is 5.91. The van der Waals surface area contributed by atoms with Crippen molar-refractivity contribution >= 4 is 29.1 Å². The van der Waals surface area contributed by atoms with E-state index in [2.05, 4.69) is 4.98 Å². The molecule has 1 aromatic heterocycles. The molecule has 3 nitrogen and oxygen atoms in total. The van der Waals surface area contributed by atoms with E-state index in [-0.39, 0.29) is 6.10 Å². The van der Waals surface area contributed by atoms with Gasteiger partial charge >= 0.3 is 0 Å². The molecule has 0 radical (unpaired) electrons. The van der Waals surface area contributed by atoms with Gasteiger partial charge in [-0.3, -0.25) is 0 Å². The molecule has 0 unspecified atom stereocenters. The molecular formula is C14H15ClN2OS. The molecule has 2 N–H and O–H groups in total. The highest BCUT2D eigenvalue weighted by molar-refractivity contribution is 7.99. The Morgan fingerprint density at radius 1 is 1.32 bits per heavy atom. The fourth-order valence-corrected chi connectivity index (χ4v) is 2.53. The fraction of sp³-hybridized carbons (Fsp3) is 0.214. The minimum atomic E-state index is 0.0842. The molecule has 2 rings (SSSR count). The maximum Gasteiger partial charge on any atom is 0.143 e. The SMILES string of the molecule is CC(C)Oc1cc(Sc2ncccc2Cl)ccc1N. The molecule has 5 heteroatoms. The normalized spacial score (nSPS) is 10.7. The zero-order valence-electron chi connectivity index (χ0n) is 10.8. The number of pyridine rings is 1. The Balaban J connectivity index is 2.24. The van der Waals surface area contributed by atoms with E-state index in [0.29, 0.717) is 16.5 Å². The van der Waals surface area contributed by atoms with E-state index in [4.69, 9.17) is 22.1 Å². The summed E-state index contributed by atoms with van der Waals surface area (Å²) in [5.41, 5.74) is 6.51. The topological polar surface area (TPSA) is 48.1 Å². The summed E-state index contributed by atoms with van der Waals surface area (Å²) in [5, 5.41) is 1.40. The van der Waals surface area contributed by atoms with Crippen molar-refractivity contribution in [3.05, 3.63) is 41.6 Å². The Kier molecular flexibility index (Phi) is 4.56. The first kappa shape index (κ1) is 14.0. The Morgan fingerprint density at radius 2 is 2.11 bits per heavy atom. The molecule has 100 valence electrons. The Hall–Kier alpha value is -1.39. The van der Waals surface area contributed by atoms with Crippen LogP contribution in [0.2, 0.25) is 5.02 Å². The summed E-state index contributed by atoms with van der Waals surface area (Å²) in [4.78, 5) is 5.24. The molecule has 1 aromatic carbocycles. The zero-order chi connectivity index (χ0) is 13.8. The molecule has 0 atom stereocenters. The quantitative estimate of drug-likeness (QED) is 0.856. The molecule has 0 amide bonds. The molecule has 0 aliphatic heterocycles. The van der Waals surface area contributed by atoms with E-state index in [9.17, 15) is 0 Å². The van der Waals surface area contributed by atoms with Crippen molar-refractivity contribution in [2.45, 2.75) is 29.9 Å². The molecule has 1 heterocycles. The van der Waals surface area contributed by atoms with E-state index >= 15 is 0 Å². The van der Waals surface area contributed by atoms with Crippen molar-refractivity contribution in [2.75, 3.05) is 5.73 Å². The average molecular weight is 295 g/mol. The van der Waals surface area contributed by atoms with Crippen LogP contribution in [0.15, 0.2) is 46.5 Å². The first-order chi connectivity index (χ1) is 9.06. The minimum absolute atomic E-state index is 0.0842. The molecule has 0 spiro atoms. The molecule has 2 aromatic rings. The van der Waals surface area contributed by atoms with Gasteiger partial charge in [0.15, 0.2) is 0 Å². The number of halogens is 1. The smallest absolute Gasteiger partial charge is 0.143 e. The van der Waals surface area contributed by atoms with Crippen LogP contribution in [-0.4, -0.2) is 11.1 Å². The average Bonchev–Trinajstić information content (AvgIpc) is 2.35. The predicted octanol–water partition coefficient (Wildman–Crippen LogP) is 4.26. The van der Waals surface area contributed by atoms with Gasteiger partial charge in [-0.05, 0) is 44.2 Å². The van der Waals surface area contributed by atoms with Gasteiger partial charge in [0.05, 0.1) is 16.8 Å². The molecule has 0 fully saturated rings. The molecule has 0 aliphatic rings. The highest BCUT2D eigenvalue weighted by Gasteiger charge is 2.08. The van der Waals surface area contributed by atoms with Crippen LogP contribution >= 0.6 is 23.4 Å². The van der Waals surface area contributed by atoms with E-state index in [1.807, 2.05) is 44.2 Å². The summed E-state index contributed by atoms with van der Waals surface area (Å²) in [6, 6.07) is 9.29. The number of ether oxygens (including phenoxy) is 1. The van der Waals surface area contributed by atoms with Crippen molar-refractivity contribution in [3.63, 3.8) is 0 Å². The third-order valence-corrected chi connectivity index (χ3v) is 3.71. The number of hydrogen-bond acceptors (Lipinski definition) is 4. The molecule has 19 heavy (non-hydrogen) atoms. The van der Waals surface area contributed by atoms with Gasteiger partial charge in [-0.25, -0.2) is 4.98 Å². The van der Waals surface area contributed by atoms with Gasteiger partial charge in [-0.2, -0.15) is 0 Å². The predicted molar refractivity (Wildman–Crippen MR) is 80.0 cm³/mol. The number of rotatable bonds is 4. The molecule has 0 saturated carbocycles. The summed E-state index contributed by atoms with van der Waals surface area (Å²) in [7, 11) is 0. The highest BCUT2D eigenvalue weighted by atomic mass is 35.5. The van der Waals surface area contributed by atoms with E-state index < -0.39 is 0 Å². The van der Waals surface area contributed by atoms with Crippen LogP contribution in [0.3, 0.4) is 0 Å². The van der Waals surface area contributed by atoms with Gasteiger partial charge in [-0.15, -0.1) is 0 Å². The first-order valence-corrected chi connectivity index (χ1v) is 7.10. The number of nitrogen functional groups attached to an aromatic ring is 1. The van der Waals surface area contributed by atoms with Gasteiger partial charge in [0.1, 0.15) is 10.8 Å². The van der Waals surface area contributed by atoms with Crippen LogP contribution in [0.4, 0.5) is 5.69 Å². The Morgan fingerprint density at radius 3 is 2.79 bits per heavy atom. The van der Waals surface area contributed by atoms with Gasteiger partial charge in [0.25, 0.3) is 0 Å². The fourth-order valence-electron chi connectivity index (χ4n) is 1.49. The van der Waals surface area contributed by atoms with Crippen LogP contribution in [0.5, 0.6) is 5.75 Å². The lowest BCUT2D eigenvalue weighted by Gasteiger charge is -2.13. The van der Waals surface area contributed by atoms with Crippen LogP contribution in [0.1, 0.15) is 13.8 Å². The lowest BCUT2D eigenvalue weighted by Crippen LogP contribution is -2.07. The number of nitrogens with two attached hydrogens (primary N) is 1. The monoisotopic (exact) mass is 294 g/mol. The molecule has 0 aliphatic carbocycles. The summed E-state index contributed by atoms with van der Waals surface area (Å²) >= 11 is 7.58. The van der Waals surface area contributed by atoms with E-state index in [1.54, 1.807) is 6.20 Å². The van der Waals surface area contributed by atoms with Gasteiger partial charge in [0.2, 0.25) is 0 Å². The van der Waals surface area contributed by atoms with Crippen molar-refractivity contribution in [1.82, 2.24) is 4.98 Å². The van der Waals surface area contributed by atoms with Gasteiger partial charge in [-0.1, -0.05) is 23.4 Å². The lowest BCUT2D eigenvalue weighted by atomic mass is 10.3. The Labute approximate surface area is 122 Å². The summed E-state index contributed by atoms with van der Waals surface area (Å²) in [6.45, 7) is 3.93. The minimum Gasteiger partial charge on any atom is -0.489 e. The molecule has 0 bridgehead atoms. The molecule has 0 saturated heterocycles. The van der Waals surface area contributed by atoms with Crippen LogP contribution in [0.25, 0.3) is 0 Å². The van der Waals surface area contributed by atoms with Crippen LogP contribution in [0, 0.1) is 0 Å². The number of anilines is 1. The Bertz CT molecular complexity index is 575. The van der Waals surface area contributed by atoms with Gasteiger partial charge < -0.3 is 10.5 Å². The van der Waals surface area contributed by atoms with Crippen molar-refractivity contribution < 1.29 is 4.74 Å². The largest absolute Gasteiger partial charge is 0.489 e. The van der Waals surface area contributed by atoms with Crippen LogP contribution in [-0.2, 0) is 0 Å². The molecular weight excluding hydrogens is 280 g/mol. The van der Waals surface area contributed by atoms with Crippen molar-refractivity contribution in [2.24, 2.45) is 0 Å². The van der Waals surface area contributed by atoms with Crippen LogP contribution < -0.4 is 10.5 Å². The standard InChI is InChI=1S/C14H15ClN2OS/c1-9(2)18-13-8-10(5-6-12(13)16)19-14-11(15)4-3-7-17-14/h3-9H,16H2,1-2H3. The van der Waals surface area contributed by atoms with Crippen molar-refractivity contribution in [3.8, 4) is 5.75 Å². The number of nitrogens with zero attached hydrogens (tertiary/aromatic N) is 1. The lowest BCUT2D eigenvalue weighted by molar-refractivity contribution is 0.243. The summed E-state index contributed by atoms with van der Waals surface area (Å²) in [6.07, 6.45) is 1.80. The van der Waals surface area contributed by atoms with Crippen molar-refractivity contribution in [1.29, 1.82) is 0 Å². The number of hydrogen-bond donors (Lipinski definition) is 1. The van der Waals surface area contributed by atoms with E-state index in [0.717, 1.165) is 9.92 Å².